The topological polar surface area (TPSA) is 77.1 Å². The summed E-state index contributed by atoms with van der Waals surface area (Å²) in [6.45, 7) is 1.66. The molecule has 0 bridgehead atoms. The molecule has 3 aliphatic rings. The van der Waals surface area contributed by atoms with Gasteiger partial charge >= 0.3 is 0 Å². The quantitative estimate of drug-likeness (QED) is 0.729. The van der Waals surface area contributed by atoms with Crippen LogP contribution < -0.4 is 19.5 Å². The van der Waals surface area contributed by atoms with E-state index in [1.54, 1.807) is 7.11 Å². The van der Waals surface area contributed by atoms with Gasteiger partial charge in [0.05, 0.1) is 13.0 Å². The molecule has 0 aromatic heterocycles. The Balaban J connectivity index is 1.31. The fourth-order valence-electron chi connectivity index (χ4n) is 5.24. The first kappa shape index (κ1) is 21.6. The number of amides is 2. The fourth-order valence-corrected chi connectivity index (χ4v) is 5.24. The van der Waals surface area contributed by atoms with Crippen molar-refractivity contribution in [3.05, 3.63) is 53.6 Å². The van der Waals surface area contributed by atoms with Crippen LogP contribution in [0.15, 0.2) is 42.5 Å². The third kappa shape index (κ3) is 4.49. The number of nitrogens with one attached hydrogen (secondary N) is 1. The molecular formula is C26H30N2O5. The van der Waals surface area contributed by atoms with E-state index in [1.807, 2.05) is 47.4 Å². The second-order valence-electron chi connectivity index (χ2n) is 9.12. The van der Waals surface area contributed by atoms with E-state index in [1.165, 1.54) is 0 Å². The van der Waals surface area contributed by atoms with Crippen molar-refractivity contribution >= 4 is 11.8 Å². The third-order valence-electron chi connectivity index (χ3n) is 7.12. The molecule has 1 N–H and O–H groups in total. The number of fused-ring (bicyclic) bond motifs is 1. The zero-order chi connectivity index (χ0) is 22.8. The fraction of sp³-hybridized carbons (Fsp3) is 0.462. The zero-order valence-electron chi connectivity index (χ0n) is 18.9. The molecule has 2 atom stereocenters. The normalized spacial score (nSPS) is 21.9. The summed E-state index contributed by atoms with van der Waals surface area (Å²) in [6.07, 6.45) is 4.16. The SMILES string of the molecule is COc1ccc([C@H]2CN(C(=O)C3CCCC3)C[C@H]2C(=O)NCc2ccc3c(c2)OCO3)cc1. The second kappa shape index (κ2) is 9.33. The van der Waals surface area contributed by atoms with Crippen molar-refractivity contribution in [2.24, 2.45) is 11.8 Å². The summed E-state index contributed by atoms with van der Waals surface area (Å²) in [5.41, 5.74) is 2.01. The number of hydrogen-bond acceptors (Lipinski definition) is 5. The van der Waals surface area contributed by atoms with Crippen LogP contribution in [0.2, 0.25) is 0 Å². The van der Waals surface area contributed by atoms with E-state index in [0.29, 0.717) is 25.4 Å². The molecule has 5 rings (SSSR count). The van der Waals surface area contributed by atoms with Crippen molar-refractivity contribution < 1.29 is 23.8 Å². The van der Waals surface area contributed by atoms with Gasteiger partial charge in [-0.1, -0.05) is 31.0 Å². The molecule has 0 spiro atoms. The Hall–Kier alpha value is -3.22. The minimum Gasteiger partial charge on any atom is -0.497 e. The zero-order valence-corrected chi connectivity index (χ0v) is 18.9. The molecular weight excluding hydrogens is 420 g/mol. The van der Waals surface area contributed by atoms with E-state index in [2.05, 4.69) is 5.32 Å². The Kier molecular flexibility index (Phi) is 6.11. The Morgan fingerprint density at radius 1 is 1.03 bits per heavy atom. The van der Waals surface area contributed by atoms with Crippen LogP contribution in [0.1, 0.15) is 42.7 Å². The number of ether oxygens (including phenoxy) is 3. The number of carbonyl (C=O) groups is 2. The highest BCUT2D eigenvalue weighted by atomic mass is 16.7. The van der Waals surface area contributed by atoms with Gasteiger partial charge in [0.2, 0.25) is 18.6 Å². The lowest BCUT2D eigenvalue weighted by Gasteiger charge is -2.20. The van der Waals surface area contributed by atoms with E-state index in [0.717, 1.165) is 48.3 Å². The average Bonchev–Trinajstić information content (AvgIpc) is 3.62. The molecule has 7 heteroatoms. The number of rotatable bonds is 6. The lowest BCUT2D eigenvalue weighted by Crippen LogP contribution is -2.36. The molecule has 33 heavy (non-hydrogen) atoms. The first-order chi connectivity index (χ1) is 16.1. The molecule has 2 aliphatic heterocycles. The monoisotopic (exact) mass is 450 g/mol. The standard InChI is InChI=1S/C26H30N2O5/c1-31-20-9-7-18(8-10-20)21-14-28(26(30)19-4-2-3-5-19)15-22(21)25(29)27-13-17-6-11-23-24(12-17)33-16-32-23/h6-12,19,21-22H,2-5,13-16H2,1H3,(H,27,29)/t21-,22-/m1/s1. The summed E-state index contributed by atoms with van der Waals surface area (Å²) < 4.78 is 16.1. The summed E-state index contributed by atoms with van der Waals surface area (Å²) in [6, 6.07) is 13.5. The number of nitrogens with zero attached hydrogens (tertiary/aromatic N) is 1. The van der Waals surface area contributed by atoms with E-state index in [-0.39, 0.29) is 36.4 Å². The van der Waals surface area contributed by atoms with Gasteiger partial charge in [0.25, 0.3) is 0 Å². The van der Waals surface area contributed by atoms with Gasteiger partial charge in [-0.25, -0.2) is 0 Å². The molecule has 0 unspecified atom stereocenters. The highest BCUT2D eigenvalue weighted by Gasteiger charge is 2.42. The van der Waals surface area contributed by atoms with Gasteiger partial charge < -0.3 is 24.4 Å². The highest BCUT2D eigenvalue weighted by molar-refractivity contribution is 5.84. The Labute approximate surface area is 194 Å². The van der Waals surface area contributed by atoms with Crippen LogP contribution in [0.5, 0.6) is 17.2 Å². The second-order valence-corrected chi connectivity index (χ2v) is 9.12. The Morgan fingerprint density at radius 3 is 2.55 bits per heavy atom. The minimum atomic E-state index is -0.294. The predicted molar refractivity (Wildman–Crippen MR) is 122 cm³/mol. The molecule has 1 saturated heterocycles. The molecule has 0 radical (unpaired) electrons. The van der Waals surface area contributed by atoms with Gasteiger partial charge in [0.1, 0.15) is 5.75 Å². The number of benzene rings is 2. The smallest absolute Gasteiger partial charge is 0.231 e. The predicted octanol–water partition coefficient (Wildman–Crippen LogP) is 3.47. The number of likely N-dealkylation sites (tertiary alicyclic amines) is 1. The summed E-state index contributed by atoms with van der Waals surface area (Å²) in [5, 5.41) is 3.09. The molecule has 2 aromatic rings. The van der Waals surface area contributed by atoms with Crippen molar-refractivity contribution in [1.29, 1.82) is 0 Å². The van der Waals surface area contributed by atoms with Crippen molar-refractivity contribution in [3.8, 4) is 17.2 Å². The molecule has 1 aliphatic carbocycles. The van der Waals surface area contributed by atoms with Crippen LogP contribution in [0, 0.1) is 11.8 Å². The van der Waals surface area contributed by atoms with E-state index in [4.69, 9.17) is 14.2 Å². The van der Waals surface area contributed by atoms with Crippen LogP contribution in [0.25, 0.3) is 0 Å². The highest BCUT2D eigenvalue weighted by Crippen LogP contribution is 2.37. The molecule has 174 valence electrons. The van der Waals surface area contributed by atoms with Gasteiger partial charge in [0.15, 0.2) is 11.5 Å². The van der Waals surface area contributed by atoms with E-state index in [9.17, 15) is 9.59 Å². The van der Waals surface area contributed by atoms with Crippen LogP contribution in [0.3, 0.4) is 0 Å². The van der Waals surface area contributed by atoms with Crippen LogP contribution in [0.4, 0.5) is 0 Å². The maximum atomic E-state index is 13.3. The summed E-state index contributed by atoms with van der Waals surface area (Å²) in [7, 11) is 1.64. The Bertz CT molecular complexity index is 1020. The molecule has 2 amide bonds. The van der Waals surface area contributed by atoms with Gasteiger partial charge in [-0.05, 0) is 48.2 Å². The van der Waals surface area contributed by atoms with Crippen LogP contribution >= 0.6 is 0 Å². The summed E-state index contributed by atoms with van der Waals surface area (Å²) in [4.78, 5) is 28.4. The number of methoxy groups -OCH3 is 1. The molecule has 1 saturated carbocycles. The largest absolute Gasteiger partial charge is 0.497 e. The maximum Gasteiger partial charge on any atom is 0.231 e. The Morgan fingerprint density at radius 2 is 1.79 bits per heavy atom. The van der Waals surface area contributed by atoms with Crippen LogP contribution in [-0.4, -0.2) is 43.7 Å². The third-order valence-corrected chi connectivity index (χ3v) is 7.12. The van der Waals surface area contributed by atoms with Gasteiger partial charge in [0, 0.05) is 31.5 Å². The van der Waals surface area contributed by atoms with Crippen molar-refractivity contribution in [2.75, 3.05) is 27.0 Å². The maximum absolute atomic E-state index is 13.3. The first-order valence-corrected chi connectivity index (χ1v) is 11.7. The molecule has 7 nitrogen and oxygen atoms in total. The van der Waals surface area contributed by atoms with E-state index < -0.39 is 0 Å². The molecule has 2 fully saturated rings. The summed E-state index contributed by atoms with van der Waals surface area (Å²) in [5.74, 6) is 2.15. The summed E-state index contributed by atoms with van der Waals surface area (Å²) >= 11 is 0. The van der Waals surface area contributed by atoms with Gasteiger partial charge in [-0.2, -0.15) is 0 Å². The minimum absolute atomic E-state index is 0.0322. The van der Waals surface area contributed by atoms with Gasteiger partial charge in [-0.15, -0.1) is 0 Å². The number of carbonyl (C=O) groups excluding carboxylic acids is 2. The first-order valence-electron chi connectivity index (χ1n) is 11.7. The van der Waals surface area contributed by atoms with Crippen molar-refractivity contribution in [2.45, 2.75) is 38.1 Å². The number of hydrogen-bond donors (Lipinski definition) is 1. The lowest BCUT2D eigenvalue weighted by atomic mass is 9.88. The average molecular weight is 451 g/mol. The van der Waals surface area contributed by atoms with Gasteiger partial charge in [-0.3, -0.25) is 9.59 Å². The van der Waals surface area contributed by atoms with Crippen molar-refractivity contribution in [1.82, 2.24) is 10.2 Å². The molecule has 2 heterocycles. The molecule has 2 aromatic carbocycles. The lowest BCUT2D eigenvalue weighted by molar-refractivity contribution is -0.134. The van der Waals surface area contributed by atoms with E-state index >= 15 is 0 Å². The van der Waals surface area contributed by atoms with Crippen LogP contribution in [-0.2, 0) is 16.1 Å². The van der Waals surface area contributed by atoms with Crippen molar-refractivity contribution in [3.63, 3.8) is 0 Å².